The molecule has 1 radical (unpaired) electrons. The fourth-order valence-corrected chi connectivity index (χ4v) is 5.98. The van der Waals surface area contributed by atoms with Crippen LogP contribution in [0.4, 0.5) is 22.7 Å². The Morgan fingerprint density at radius 1 is 0.865 bits per heavy atom. The largest absolute Gasteiger partial charge is 0.505 e. The smallest absolute Gasteiger partial charge is 0.296 e. The zero-order valence-electron chi connectivity index (χ0n) is 20.0. The van der Waals surface area contributed by atoms with E-state index in [1.807, 2.05) is 0 Å². The third kappa shape index (κ3) is 5.79. The van der Waals surface area contributed by atoms with Crippen molar-refractivity contribution in [1.82, 2.24) is 0 Å². The molecule has 0 aliphatic rings. The van der Waals surface area contributed by atoms with E-state index < -0.39 is 36.5 Å². The SMILES string of the molecule is CCN(c1ccccc1)S(=O)(=O)c1ccccc1N=Nc1c(S(=O)(=O)O)cc2ccc(N)cc2c1O.[Na]. The summed E-state index contributed by atoms with van der Waals surface area (Å²) < 4.78 is 62.1. The molecule has 0 amide bonds. The van der Waals surface area contributed by atoms with Crippen LogP contribution in [-0.2, 0) is 20.1 Å². The third-order valence-corrected chi connectivity index (χ3v) is 8.19. The second-order valence-corrected chi connectivity index (χ2v) is 10.9. The Bertz CT molecular complexity index is 1700. The van der Waals surface area contributed by atoms with Crippen LogP contribution in [0.1, 0.15) is 6.92 Å². The third-order valence-electron chi connectivity index (χ3n) is 5.38. The standard InChI is InChI=1S/C24H22N4O6S2.Na/c1-2-28(18-8-4-3-5-9-18)35(30,31)21-11-7-6-10-20(21)26-27-23-22(36(32,33)34)14-16-12-13-17(25)15-19(16)24(23)29;/h3-15,29H,2,25H2,1H3,(H,32,33,34);. The van der Waals surface area contributed by atoms with Gasteiger partial charge >= 0.3 is 0 Å². The summed E-state index contributed by atoms with van der Waals surface area (Å²) in [6.45, 7) is 1.82. The molecule has 0 saturated heterocycles. The summed E-state index contributed by atoms with van der Waals surface area (Å²) in [5, 5.41) is 19.1. The van der Waals surface area contributed by atoms with Gasteiger partial charge in [-0.2, -0.15) is 8.42 Å². The van der Waals surface area contributed by atoms with E-state index in [1.165, 1.54) is 46.8 Å². The van der Waals surface area contributed by atoms with Gasteiger partial charge in [0.05, 0.1) is 5.69 Å². The maximum absolute atomic E-state index is 13.5. The van der Waals surface area contributed by atoms with Gasteiger partial charge in [-0.15, -0.1) is 10.2 Å². The second kappa shape index (κ2) is 11.2. The van der Waals surface area contributed by atoms with Gasteiger partial charge < -0.3 is 10.8 Å². The molecule has 37 heavy (non-hydrogen) atoms. The first kappa shape index (κ1) is 28.6. The summed E-state index contributed by atoms with van der Waals surface area (Å²) in [7, 11) is -8.92. The number of hydrogen-bond donors (Lipinski definition) is 3. The fourth-order valence-electron chi connectivity index (χ4n) is 3.72. The number of sulfonamides is 1. The van der Waals surface area contributed by atoms with Crippen molar-refractivity contribution in [2.75, 3.05) is 16.6 Å². The maximum atomic E-state index is 13.5. The second-order valence-electron chi connectivity index (χ2n) is 7.70. The van der Waals surface area contributed by atoms with Crippen molar-refractivity contribution in [3.05, 3.63) is 78.9 Å². The Morgan fingerprint density at radius 3 is 2.16 bits per heavy atom. The van der Waals surface area contributed by atoms with Crippen molar-refractivity contribution in [3.63, 3.8) is 0 Å². The number of nitrogens with two attached hydrogens (primary N) is 1. The summed E-state index contributed by atoms with van der Waals surface area (Å²) in [5.74, 6) is -0.587. The van der Waals surface area contributed by atoms with Crippen LogP contribution in [0.3, 0.4) is 0 Å². The molecule has 0 spiro atoms. The number of nitrogen functional groups attached to an aromatic ring is 1. The maximum Gasteiger partial charge on any atom is 0.296 e. The fraction of sp³-hybridized carbons (Fsp3) is 0.0833. The van der Waals surface area contributed by atoms with Gasteiger partial charge in [-0.05, 0) is 54.8 Å². The summed E-state index contributed by atoms with van der Waals surface area (Å²) in [6, 6.07) is 19.8. The van der Waals surface area contributed by atoms with Crippen molar-refractivity contribution < 1.29 is 26.5 Å². The molecule has 0 heterocycles. The number of rotatable bonds is 7. The minimum atomic E-state index is -4.83. The summed E-state index contributed by atoms with van der Waals surface area (Å²) in [5.41, 5.74) is 5.88. The Hall–Kier alpha value is -3.00. The van der Waals surface area contributed by atoms with Crippen molar-refractivity contribution in [1.29, 1.82) is 0 Å². The number of benzene rings is 4. The van der Waals surface area contributed by atoms with Crippen molar-refractivity contribution in [2.24, 2.45) is 10.2 Å². The molecule has 10 nitrogen and oxygen atoms in total. The molecule has 13 heteroatoms. The monoisotopic (exact) mass is 549 g/mol. The van der Waals surface area contributed by atoms with E-state index in [0.717, 1.165) is 6.07 Å². The molecule has 0 aliphatic carbocycles. The summed E-state index contributed by atoms with van der Waals surface area (Å²) >= 11 is 0. The number of fused-ring (bicyclic) bond motifs is 1. The van der Waals surface area contributed by atoms with Crippen LogP contribution in [0.15, 0.2) is 98.9 Å². The van der Waals surface area contributed by atoms with E-state index in [-0.39, 0.29) is 57.5 Å². The van der Waals surface area contributed by atoms with Crippen LogP contribution in [0.2, 0.25) is 0 Å². The molecule has 0 saturated carbocycles. The molecular formula is C24H22N4NaO6S2. The predicted octanol–water partition coefficient (Wildman–Crippen LogP) is 4.62. The summed E-state index contributed by atoms with van der Waals surface area (Å²) in [4.78, 5) is -0.877. The zero-order chi connectivity index (χ0) is 26.1. The van der Waals surface area contributed by atoms with Gasteiger partial charge in [-0.3, -0.25) is 8.86 Å². The van der Waals surface area contributed by atoms with E-state index in [1.54, 1.807) is 37.3 Å². The number of aromatic hydroxyl groups is 1. The zero-order valence-corrected chi connectivity index (χ0v) is 23.6. The average Bonchev–Trinajstić information content (AvgIpc) is 2.84. The van der Waals surface area contributed by atoms with Gasteiger partial charge in [0, 0.05) is 47.2 Å². The molecule has 4 aromatic rings. The first-order valence-electron chi connectivity index (χ1n) is 10.6. The quantitative estimate of drug-likeness (QED) is 0.131. The molecular weight excluding hydrogens is 527 g/mol. The summed E-state index contributed by atoms with van der Waals surface area (Å²) in [6.07, 6.45) is 0. The van der Waals surface area contributed by atoms with Crippen LogP contribution >= 0.6 is 0 Å². The topological polar surface area (TPSA) is 163 Å². The van der Waals surface area contributed by atoms with Gasteiger partial charge in [0.15, 0.2) is 5.75 Å². The van der Waals surface area contributed by atoms with Crippen LogP contribution in [0.25, 0.3) is 10.8 Å². The number of azo groups is 1. The van der Waals surface area contributed by atoms with Crippen LogP contribution in [-0.4, -0.2) is 62.6 Å². The Balaban J connectivity index is 0.00000380. The molecule has 4 aromatic carbocycles. The minimum Gasteiger partial charge on any atom is -0.505 e. The molecule has 0 fully saturated rings. The van der Waals surface area contributed by atoms with Crippen molar-refractivity contribution in [3.8, 4) is 5.75 Å². The van der Waals surface area contributed by atoms with Gasteiger partial charge in [0.2, 0.25) is 0 Å². The molecule has 4 rings (SSSR count). The van der Waals surface area contributed by atoms with Crippen LogP contribution in [0, 0.1) is 0 Å². The average molecular weight is 550 g/mol. The predicted molar refractivity (Wildman–Crippen MR) is 143 cm³/mol. The first-order valence-corrected chi connectivity index (χ1v) is 13.5. The molecule has 187 valence electrons. The van der Waals surface area contributed by atoms with E-state index in [2.05, 4.69) is 10.2 Å². The van der Waals surface area contributed by atoms with Gasteiger partial charge in [-0.1, -0.05) is 36.4 Å². The Labute approximate surface area is 236 Å². The number of phenols is 1. The molecule has 0 bridgehead atoms. The molecule has 4 N–H and O–H groups in total. The van der Waals surface area contributed by atoms with Crippen molar-refractivity contribution in [2.45, 2.75) is 16.7 Å². The van der Waals surface area contributed by atoms with Gasteiger partial charge in [0.1, 0.15) is 21.2 Å². The van der Waals surface area contributed by atoms with E-state index in [9.17, 15) is 26.5 Å². The number of anilines is 2. The first-order chi connectivity index (χ1) is 17.0. The number of phenolic OH excluding ortho intramolecular Hbond substituents is 1. The number of para-hydroxylation sites is 1. The van der Waals surface area contributed by atoms with E-state index in [0.29, 0.717) is 11.4 Å². The Morgan fingerprint density at radius 2 is 1.51 bits per heavy atom. The van der Waals surface area contributed by atoms with E-state index in [4.69, 9.17) is 5.73 Å². The van der Waals surface area contributed by atoms with Crippen molar-refractivity contribution >= 4 is 83.2 Å². The number of nitrogens with zero attached hydrogens (tertiary/aromatic N) is 3. The molecule has 0 aromatic heterocycles. The van der Waals surface area contributed by atoms with Crippen LogP contribution in [0.5, 0.6) is 5.75 Å². The Kier molecular flexibility index (Phi) is 8.63. The van der Waals surface area contributed by atoms with E-state index >= 15 is 0 Å². The molecule has 0 unspecified atom stereocenters. The molecule has 0 aliphatic heterocycles. The van der Waals surface area contributed by atoms with Gasteiger partial charge in [-0.25, -0.2) is 8.42 Å². The number of hydrogen-bond acceptors (Lipinski definition) is 8. The van der Waals surface area contributed by atoms with Gasteiger partial charge in [0.25, 0.3) is 20.1 Å². The molecule has 0 atom stereocenters. The minimum absolute atomic E-state index is 0. The normalized spacial score (nSPS) is 11.9. The van der Waals surface area contributed by atoms with Crippen LogP contribution < -0.4 is 10.0 Å².